The summed E-state index contributed by atoms with van der Waals surface area (Å²) in [5.41, 5.74) is 1.29. The smallest absolute Gasteiger partial charge is 0.339 e. The second-order valence-corrected chi connectivity index (χ2v) is 7.49. The van der Waals surface area contributed by atoms with Gasteiger partial charge in [0.2, 0.25) is 5.91 Å². The summed E-state index contributed by atoms with van der Waals surface area (Å²) in [5, 5.41) is 3.68. The Kier molecular flexibility index (Phi) is 5.93. The number of carbonyl (C=O) groups excluding carboxylic acids is 2. The molecule has 1 unspecified atom stereocenters. The van der Waals surface area contributed by atoms with E-state index in [1.165, 1.54) is 6.07 Å². The number of amides is 2. The molecule has 8 heteroatoms. The fraction of sp³-hybridized carbons (Fsp3) is 0.450. The van der Waals surface area contributed by atoms with Crippen molar-refractivity contribution < 1.29 is 18.7 Å². The topological polar surface area (TPSA) is 88.8 Å². The molecule has 0 radical (unpaired) electrons. The Labute approximate surface area is 167 Å². The Morgan fingerprint density at radius 3 is 2.79 bits per heavy atom. The molecule has 28 heavy (non-hydrogen) atoms. The van der Waals surface area contributed by atoms with Crippen molar-refractivity contribution in [2.75, 3.05) is 26.7 Å². The highest BCUT2D eigenvalue weighted by Gasteiger charge is 2.28. The summed E-state index contributed by atoms with van der Waals surface area (Å²) in [6.07, 6.45) is 1.20. The number of carbonyl (C=O) groups is 2. The normalized spacial score (nSPS) is 16.4. The maximum absolute atomic E-state index is 12.4. The molecule has 2 amide bonds. The van der Waals surface area contributed by atoms with Crippen LogP contribution in [0, 0.1) is 19.8 Å². The molecule has 150 valence electrons. The minimum atomic E-state index is -0.409. The highest BCUT2D eigenvalue weighted by Crippen LogP contribution is 2.32. The molecular weight excluding hydrogens is 384 g/mol. The fourth-order valence-corrected chi connectivity index (χ4v) is 3.59. The van der Waals surface area contributed by atoms with Crippen molar-refractivity contribution in [2.45, 2.75) is 26.7 Å². The van der Waals surface area contributed by atoms with Gasteiger partial charge in [0, 0.05) is 43.6 Å². The van der Waals surface area contributed by atoms with Crippen molar-refractivity contribution in [1.82, 2.24) is 10.2 Å². The fourth-order valence-electron chi connectivity index (χ4n) is 3.38. The minimum absolute atomic E-state index is 0.0227. The third-order valence-electron chi connectivity index (χ3n) is 5.25. The zero-order valence-corrected chi connectivity index (χ0v) is 16.9. The molecule has 1 saturated heterocycles. The Hall–Kier alpha value is -2.54. The van der Waals surface area contributed by atoms with Crippen LogP contribution < -0.4 is 15.7 Å². The van der Waals surface area contributed by atoms with Crippen LogP contribution in [0.3, 0.4) is 0 Å². The van der Waals surface area contributed by atoms with Gasteiger partial charge in [0.15, 0.2) is 6.61 Å². The number of ether oxygens (including phenoxy) is 1. The lowest BCUT2D eigenvalue weighted by Crippen LogP contribution is -2.33. The van der Waals surface area contributed by atoms with Gasteiger partial charge in [-0.1, -0.05) is 11.6 Å². The van der Waals surface area contributed by atoms with Crippen LogP contribution in [0.1, 0.15) is 24.0 Å². The summed E-state index contributed by atoms with van der Waals surface area (Å²) in [7, 11) is 1.60. The number of nitrogens with one attached hydrogen (secondary N) is 1. The molecule has 1 N–H and O–H groups in total. The van der Waals surface area contributed by atoms with Gasteiger partial charge in [0.1, 0.15) is 11.3 Å². The van der Waals surface area contributed by atoms with Gasteiger partial charge in [-0.25, -0.2) is 4.79 Å². The highest BCUT2D eigenvalue weighted by atomic mass is 35.5. The van der Waals surface area contributed by atoms with Crippen LogP contribution in [-0.4, -0.2) is 43.5 Å². The van der Waals surface area contributed by atoms with E-state index in [1.54, 1.807) is 24.9 Å². The van der Waals surface area contributed by atoms with E-state index in [0.29, 0.717) is 35.7 Å². The van der Waals surface area contributed by atoms with Gasteiger partial charge in [-0.05, 0) is 37.8 Å². The number of rotatable bonds is 5. The molecule has 1 aliphatic rings. The first-order chi connectivity index (χ1) is 13.3. The molecule has 7 nitrogen and oxygen atoms in total. The van der Waals surface area contributed by atoms with Crippen LogP contribution >= 0.6 is 11.6 Å². The maximum atomic E-state index is 12.4. The zero-order chi connectivity index (χ0) is 20.4. The molecule has 1 atom stereocenters. The van der Waals surface area contributed by atoms with Crippen LogP contribution in [0.2, 0.25) is 5.02 Å². The van der Waals surface area contributed by atoms with E-state index in [4.69, 9.17) is 20.8 Å². The van der Waals surface area contributed by atoms with Crippen molar-refractivity contribution >= 4 is 34.4 Å². The molecular formula is C20H23ClN2O5. The predicted molar refractivity (Wildman–Crippen MR) is 106 cm³/mol. The number of hydrogen-bond donors (Lipinski definition) is 1. The van der Waals surface area contributed by atoms with Crippen molar-refractivity contribution in [3.8, 4) is 5.75 Å². The van der Waals surface area contributed by atoms with E-state index in [9.17, 15) is 14.4 Å². The highest BCUT2D eigenvalue weighted by molar-refractivity contribution is 6.32. The second-order valence-electron chi connectivity index (χ2n) is 7.08. The van der Waals surface area contributed by atoms with E-state index in [2.05, 4.69) is 5.32 Å². The lowest BCUT2D eigenvalue weighted by Gasteiger charge is -2.17. The summed E-state index contributed by atoms with van der Waals surface area (Å²) >= 11 is 6.29. The first-order valence-corrected chi connectivity index (χ1v) is 9.52. The largest absolute Gasteiger partial charge is 0.482 e. The van der Waals surface area contributed by atoms with Gasteiger partial charge in [0.25, 0.3) is 5.91 Å². The third-order valence-corrected chi connectivity index (χ3v) is 5.55. The summed E-state index contributed by atoms with van der Waals surface area (Å²) in [6, 6.07) is 3.22. The predicted octanol–water partition coefficient (Wildman–Crippen LogP) is 2.43. The van der Waals surface area contributed by atoms with E-state index in [0.717, 1.165) is 17.4 Å². The molecule has 1 aromatic heterocycles. The summed E-state index contributed by atoms with van der Waals surface area (Å²) in [5.74, 6) is 0.256. The average molecular weight is 407 g/mol. The van der Waals surface area contributed by atoms with Gasteiger partial charge in [0.05, 0.1) is 5.02 Å². The number of hydrogen-bond acceptors (Lipinski definition) is 5. The van der Waals surface area contributed by atoms with Crippen molar-refractivity contribution in [3.63, 3.8) is 0 Å². The summed E-state index contributed by atoms with van der Waals surface area (Å²) in [4.78, 5) is 37.5. The van der Waals surface area contributed by atoms with Crippen molar-refractivity contribution in [2.24, 2.45) is 5.92 Å². The van der Waals surface area contributed by atoms with Gasteiger partial charge >= 0.3 is 5.63 Å². The number of halogens is 1. The average Bonchev–Trinajstić information content (AvgIpc) is 3.13. The summed E-state index contributed by atoms with van der Waals surface area (Å²) < 4.78 is 10.9. The van der Waals surface area contributed by atoms with Crippen LogP contribution in [0.15, 0.2) is 21.3 Å². The van der Waals surface area contributed by atoms with Crippen LogP contribution in [-0.2, 0) is 9.59 Å². The number of likely N-dealkylation sites (tertiary alicyclic amines) is 1. The molecule has 0 bridgehead atoms. The van der Waals surface area contributed by atoms with E-state index < -0.39 is 5.63 Å². The Morgan fingerprint density at radius 2 is 2.07 bits per heavy atom. The first kappa shape index (κ1) is 20.2. The van der Waals surface area contributed by atoms with Crippen molar-refractivity contribution in [1.29, 1.82) is 0 Å². The van der Waals surface area contributed by atoms with E-state index in [-0.39, 0.29) is 30.1 Å². The number of fused-ring (bicyclic) bond motifs is 1. The quantitative estimate of drug-likeness (QED) is 0.770. The standard InChI is InChI=1S/C20H23ClN2O5/c1-11-12(2)20(26)28-16-8-17(15(21)7-14(11)16)27-10-19(25)23-5-4-13(9-23)6-18(24)22-3/h7-8,13H,4-6,9-10H2,1-3H3,(H,22,24). The van der Waals surface area contributed by atoms with Crippen LogP contribution in [0.4, 0.5) is 0 Å². The van der Waals surface area contributed by atoms with E-state index in [1.807, 2.05) is 6.92 Å². The molecule has 1 aromatic carbocycles. The lowest BCUT2D eigenvalue weighted by molar-refractivity contribution is -0.132. The van der Waals surface area contributed by atoms with Crippen LogP contribution in [0.25, 0.3) is 11.0 Å². The maximum Gasteiger partial charge on any atom is 0.339 e. The van der Waals surface area contributed by atoms with Gasteiger partial charge < -0.3 is 19.4 Å². The first-order valence-electron chi connectivity index (χ1n) is 9.15. The molecule has 2 heterocycles. The van der Waals surface area contributed by atoms with Gasteiger partial charge in [-0.15, -0.1) is 0 Å². The monoisotopic (exact) mass is 406 g/mol. The Bertz CT molecular complexity index is 985. The molecule has 0 spiro atoms. The van der Waals surface area contributed by atoms with Gasteiger partial charge in [-0.2, -0.15) is 0 Å². The number of nitrogens with zero attached hydrogens (tertiary/aromatic N) is 1. The Balaban J connectivity index is 1.67. The minimum Gasteiger partial charge on any atom is -0.482 e. The molecule has 0 saturated carbocycles. The lowest BCUT2D eigenvalue weighted by atomic mass is 10.1. The van der Waals surface area contributed by atoms with Gasteiger partial charge in [-0.3, -0.25) is 9.59 Å². The zero-order valence-electron chi connectivity index (χ0n) is 16.1. The molecule has 0 aliphatic carbocycles. The second kappa shape index (κ2) is 8.22. The number of aryl methyl sites for hydroxylation is 1. The summed E-state index contributed by atoms with van der Waals surface area (Å²) in [6.45, 7) is 4.49. The molecule has 1 aliphatic heterocycles. The number of benzene rings is 1. The van der Waals surface area contributed by atoms with Crippen LogP contribution in [0.5, 0.6) is 5.75 Å². The third kappa shape index (κ3) is 4.14. The van der Waals surface area contributed by atoms with E-state index >= 15 is 0 Å². The molecule has 1 fully saturated rings. The molecule has 2 aromatic rings. The van der Waals surface area contributed by atoms with Crippen molar-refractivity contribution in [3.05, 3.63) is 38.7 Å². The SMILES string of the molecule is CNC(=O)CC1CCN(C(=O)COc2cc3oc(=O)c(C)c(C)c3cc2Cl)C1. The molecule has 3 rings (SSSR count). The Morgan fingerprint density at radius 1 is 1.32 bits per heavy atom.